The lowest BCUT2D eigenvalue weighted by Crippen LogP contribution is -2.29. The molecule has 1 fully saturated rings. The van der Waals surface area contributed by atoms with Crippen LogP contribution in [0.15, 0.2) is 12.3 Å². The molecule has 2 aromatic rings. The van der Waals surface area contributed by atoms with Crippen LogP contribution < -0.4 is 5.32 Å². The molecule has 1 N–H and O–H groups in total. The smallest absolute Gasteiger partial charge is 0.220 e. The highest BCUT2D eigenvalue weighted by atomic mass is 32.1. The average molecular weight is 317 g/mol. The van der Waals surface area contributed by atoms with Crippen molar-refractivity contribution in [3.05, 3.63) is 28.7 Å². The van der Waals surface area contributed by atoms with E-state index in [1.54, 1.807) is 18.3 Å². The molecule has 0 unspecified atom stereocenters. The fraction of sp³-hybridized carbons (Fsp3) is 0.467. The second-order valence-electron chi connectivity index (χ2n) is 5.52. The first kappa shape index (κ1) is 14.9. The van der Waals surface area contributed by atoms with Crippen LogP contribution in [0.5, 0.6) is 0 Å². The van der Waals surface area contributed by atoms with Gasteiger partial charge in [-0.1, -0.05) is 0 Å². The van der Waals surface area contributed by atoms with Gasteiger partial charge in [-0.2, -0.15) is 0 Å². The Bertz CT molecular complexity index is 699. The number of aromatic nitrogens is 3. The quantitative estimate of drug-likeness (QED) is 0.942. The molecule has 6 nitrogen and oxygen atoms in total. The molecule has 0 radical (unpaired) electrons. The Morgan fingerprint density at radius 3 is 2.91 bits per heavy atom. The van der Waals surface area contributed by atoms with Crippen molar-refractivity contribution in [2.45, 2.75) is 39.7 Å². The predicted octanol–water partition coefficient (Wildman–Crippen LogP) is 2.98. The van der Waals surface area contributed by atoms with Gasteiger partial charge in [-0.05, 0) is 26.7 Å². The van der Waals surface area contributed by atoms with Gasteiger partial charge >= 0.3 is 0 Å². The molecule has 116 valence electrons. The molecule has 3 heterocycles. The van der Waals surface area contributed by atoms with Crippen LogP contribution >= 0.6 is 11.3 Å². The Morgan fingerprint density at radius 2 is 2.23 bits per heavy atom. The zero-order valence-electron chi connectivity index (χ0n) is 13.0. The van der Waals surface area contributed by atoms with E-state index in [2.05, 4.69) is 20.3 Å². The minimum atomic E-state index is -0.0176. The summed E-state index contributed by atoms with van der Waals surface area (Å²) in [6.07, 6.45) is 3.74. The van der Waals surface area contributed by atoms with Gasteiger partial charge in [0.1, 0.15) is 5.82 Å². The fourth-order valence-electron chi connectivity index (χ4n) is 2.74. The van der Waals surface area contributed by atoms with Crippen LogP contribution in [0, 0.1) is 13.8 Å². The van der Waals surface area contributed by atoms with Crippen molar-refractivity contribution in [1.82, 2.24) is 19.9 Å². The van der Waals surface area contributed by atoms with Crippen molar-refractivity contribution in [3.63, 3.8) is 0 Å². The number of carbonyl (C=O) groups is 1. The van der Waals surface area contributed by atoms with E-state index in [1.165, 1.54) is 0 Å². The normalized spacial score (nSPS) is 17.8. The van der Waals surface area contributed by atoms with Crippen molar-refractivity contribution in [2.24, 2.45) is 0 Å². The van der Waals surface area contributed by atoms with Crippen LogP contribution in [0.1, 0.15) is 42.2 Å². The van der Waals surface area contributed by atoms with Gasteiger partial charge in [-0.15, -0.1) is 11.3 Å². The first-order chi connectivity index (χ1) is 10.5. The number of thiazole rings is 1. The van der Waals surface area contributed by atoms with Gasteiger partial charge in [0.25, 0.3) is 0 Å². The number of likely N-dealkylation sites (tertiary alicyclic amines) is 1. The monoisotopic (exact) mass is 317 g/mol. The topological polar surface area (TPSA) is 71.0 Å². The molecule has 0 aromatic carbocycles. The van der Waals surface area contributed by atoms with Crippen molar-refractivity contribution in [2.75, 3.05) is 11.9 Å². The first-order valence-corrected chi connectivity index (χ1v) is 8.17. The molecular formula is C15H19N5OS. The van der Waals surface area contributed by atoms with Crippen LogP contribution in [0.2, 0.25) is 0 Å². The highest BCUT2D eigenvalue weighted by Crippen LogP contribution is 2.31. The summed E-state index contributed by atoms with van der Waals surface area (Å²) in [7, 11) is 0. The van der Waals surface area contributed by atoms with Gasteiger partial charge in [0.05, 0.1) is 6.04 Å². The Balaban J connectivity index is 1.88. The molecular weight excluding hydrogens is 298 g/mol. The molecule has 7 heteroatoms. The second-order valence-corrected chi connectivity index (χ2v) is 6.76. The summed E-state index contributed by atoms with van der Waals surface area (Å²) >= 11 is 1.58. The highest BCUT2D eigenvalue weighted by molar-refractivity contribution is 7.15. The second kappa shape index (κ2) is 6.00. The molecule has 1 aliphatic heterocycles. The SMILES string of the molecule is CC(=O)N1CCC[C@H]1c1nc(C)cc(Nc2ncc(C)s2)n1. The van der Waals surface area contributed by atoms with Crippen LogP contribution in [-0.2, 0) is 4.79 Å². The Kier molecular flexibility index (Phi) is 4.06. The van der Waals surface area contributed by atoms with Gasteiger partial charge < -0.3 is 10.2 Å². The standard InChI is InChI=1S/C15H19N5OS/c1-9-7-13(19-15-16-8-10(2)22-15)18-14(17-9)12-5-4-6-20(12)11(3)21/h7-8,12H,4-6H2,1-3H3,(H,16,17,18,19)/t12-/m0/s1. The van der Waals surface area contributed by atoms with Gasteiger partial charge in [-0.25, -0.2) is 15.0 Å². The Morgan fingerprint density at radius 1 is 1.41 bits per heavy atom. The first-order valence-electron chi connectivity index (χ1n) is 7.35. The predicted molar refractivity (Wildman–Crippen MR) is 86.3 cm³/mol. The van der Waals surface area contributed by atoms with Gasteiger partial charge in [0, 0.05) is 36.3 Å². The molecule has 0 bridgehead atoms. The van der Waals surface area contributed by atoms with Crippen molar-refractivity contribution in [1.29, 1.82) is 0 Å². The summed E-state index contributed by atoms with van der Waals surface area (Å²) < 4.78 is 0. The summed E-state index contributed by atoms with van der Waals surface area (Å²) in [5.41, 5.74) is 0.885. The van der Waals surface area contributed by atoms with E-state index in [4.69, 9.17) is 0 Å². The number of nitrogens with one attached hydrogen (secondary N) is 1. The van der Waals surface area contributed by atoms with Crippen molar-refractivity contribution in [3.8, 4) is 0 Å². The number of hydrogen-bond donors (Lipinski definition) is 1. The summed E-state index contributed by atoms with van der Waals surface area (Å²) in [5.74, 6) is 1.52. The maximum atomic E-state index is 11.7. The molecule has 1 amide bonds. The lowest BCUT2D eigenvalue weighted by molar-refractivity contribution is -0.129. The molecule has 0 spiro atoms. The molecule has 1 aliphatic rings. The average Bonchev–Trinajstić information content (AvgIpc) is 3.07. The van der Waals surface area contributed by atoms with Crippen LogP contribution in [0.4, 0.5) is 10.9 Å². The third kappa shape index (κ3) is 3.09. The molecule has 22 heavy (non-hydrogen) atoms. The number of rotatable bonds is 3. The number of amides is 1. The van der Waals surface area contributed by atoms with Crippen LogP contribution in [-0.4, -0.2) is 32.3 Å². The summed E-state index contributed by atoms with van der Waals surface area (Å²) in [6.45, 7) is 6.34. The lowest BCUT2D eigenvalue weighted by Gasteiger charge is -2.22. The van der Waals surface area contributed by atoms with E-state index >= 15 is 0 Å². The molecule has 0 saturated carbocycles. The Hall–Kier alpha value is -2.02. The maximum absolute atomic E-state index is 11.7. The zero-order chi connectivity index (χ0) is 15.7. The number of nitrogens with zero attached hydrogens (tertiary/aromatic N) is 4. The molecule has 1 saturated heterocycles. The molecule has 3 rings (SSSR count). The highest BCUT2D eigenvalue weighted by Gasteiger charge is 2.30. The van der Waals surface area contributed by atoms with Crippen LogP contribution in [0.3, 0.4) is 0 Å². The largest absolute Gasteiger partial charge is 0.333 e. The summed E-state index contributed by atoms with van der Waals surface area (Å²) in [4.78, 5) is 28.2. The third-order valence-electron chi connectivity index (χ3n) is 3.68. The van der Waals surface area contributed by atoms with E-state index in [0.29, 0.717) is 5.82 Å². The minimum Gasteiger partial charge on any atom is -0.333 e. The maximum Gasteiger partial charge on any atom is 0.220 e. The zero-order valence-corrected chi connectivity index (χ0v) is 13.8. The number of hydrogen-bond acceptors (Lipinski definition) is 6. The van der Waals surface area contributed by atoms with Crippen LogP contribution in [0.25, 0.3) is 0 Å². The lowest BCUT2D eigenvalue weighted by atomic mass is 10.2. The van der Waals surface area contributed by atoms with E-state index in [-0.39, 0.29) is 11.9 Å². The minimum absolute atomic E-state index is 0.0176. The summed E-state index contributed by atoms with van der Waals surface area (Å²) in [6, 6.07) is 1.88. The van der Waals surface area contributed by atoms with Gasteiger partial charge in [-0.3, -0.25) is 4.79 Å². The summed E-state index contributed by atoms with van der Waals surface area (Å²) in [5, 5.41) is 4.04. The van der Waals surface area contributed by atoms with E-state index < -0.39 is 0 Å². The Labute approximate surface area is 133 Å². The number of anilines is 2. The molecule has 2 aromatic heterocycles. The van der Waals surface area contributed by atoms with Gasteiger partial charge in [0.15, 0.2) is 11.0 Å². The fourth-order valence-corrected chi connectivity index (χ4v) is 3.41. The third-order valence-corrected chi connectivity index (χ3v) is 4.51. The van der Waals surface area contributed by atoms with E-state index in [0.717, 1.165) is 40.9 Å². The van der Waals surface area contributed by atoms with Crippen molar-refractivity contribution >= 4 is 28.2 Å². The number of carbonyl (C=O) groups excluding carboxylic acids is 1. The molecule has 0 aliphatic carbocycles. The van der Waals surface area contributed by atoms with E-state index in [1.807, 2.05) is 31.0 Å². The van der Waals surface area contributed by atoms with E-state index in [9.17, 15) is 4.79 Å². The van der Waals surface area contributed by atoms with Crippen molar-refractivity contribution < 1.29 is 4.79 Å². The number of aryl methyl sites for hydroxylation is 2. The van der Waals surface area contributed by atoms with Gasteiger partial charge in [0.2, 0.25) is 5.91 Å². The molecule has 1 atom stereocenters.